The molecule has 2 aromatic rings. The Hall–Kier alpha value is -1.67. The summed E-state index contributed by atoms with van der Waals surface area (Å²) in [6.45, 7) is 2.06. The van der Waals surface area contributed by atoms with Gasteiger partial charge in [-0.05, 0) is 42.8 Å². The molecule has 0 amide bonds. The van der Waals surface area contributed by atoms with Crippen LogP contribution in [0.5, 0.6) is 0 Å². The van der Waals surface area contributed by atoms with Gasteiger partial charge in [-0.1, -0.05) is 23.7 Å². The van der Waals surface area contributed by atoms with Gasteiger partial charge < -0.3 is 10.6 Å². The molecule has 2 nitrogen and oxygen atoms in total. The predicted octanol–water partition coefficient (Wildman–Crippen LogP) is 4.43. The lowest BCUT2D eigenvalue weighted by Crippen LogP contribution is -1.94. The fourth-order valence-electron chi connectivity index (χ4n) is 1.64. The van der Waals surface area contributed by atoms with Crippen molar-refractivity contribution in [2.45, 2.75) is 6.92 Å². The van der Waals surface area contributed by atoms with Gasteiger partial charge in [0.05, 0.1) is 0 Å². The van der Waals surface area contributed by atoms with Crippen LogP contribution in [-0.2, 0) is 0 Å². The zero-order valence-electron chi connectivity index (χ0n) is 9.92. The number of anilines is 3. The first-order valence-electron chi connectivity index (χ1n) is 5.50. The molecule has 3 heteroatoms. The molecule has 0 unspecified atom stereocenters. The number of aryl methyl sites for hydroxylation is 1. The highest BCUT2D eigenvalue weighted by atomic mass is 35.5. The highest BCUT2D eigenvalue weighted by Gasteiger charge is 2.00. The third kappa shape index (κ3) is 2.92. The Morgan fingerprint density at radius 1 is 1.00 bits per heavy atom. The van der Waals surface area contributed by atoms with Gasteiger partial charge in [0.2, 0.25) is 0 Å². The second-order valence-electron chi connectivity index (χ2n) is 3.92. The van der Waals surface area contributed by atoms with Crippen LogP contribution in [0.25, 0.3) is 0 Å². The van der Waals surface area contributed by atoms with Gasteiger partial charge in [0.15, 0.2) is 0 Å². The van der Waals surface area contributed by atoms with Crippen molar-refractivity contribution < 1.29 is 0 Å². The van der Waals surface area contributed by atoms with Gasteiger partial charge in [0.25, 0.3) is 0 Å². The predicted molar refractivity (Wildman–Crippen MR) is 75.5 cm³/mol. The summed E-state index contributed by atoms with van der Waals surface area (Å²) in [6, 6.07) is 14.0. The van der Waals surface area contributed by atoms with E-state index in [-0.39, 0.29) is 0 Å². The largest absolute Gasteiger partial charge is 0.388 e. The van der Waals surface area contributed by atoms with E-state index in [4.69, 9.17) is 11.6 Å². The number of nitrogens with one attached hydrogen (secondary N) is 2. The van der Waals surface area contributed by atoms with Crippen molar-refractivity contribution in [2.75, 3.05) is 17.7 Å². The zero-order valence-corrected chi connectivity index (χ0v) is 10.7. The van der Waals surface area contributed by atoms with Crippen molar-refractivity contribution >= 4 is 28.7 Å². The summed E-state index contributed by atoms with van der Waals surface area (Å²) in [5, 5.41) is 7.22. The Kier molecular flexibility index (Phi) is 3.55. The van der Waals surface area contributed by atoms with E-state index in [0.29, 0.717) is 0 Å². The summed E-state index contributed by atoms with van der Waals surface area (Å²) in [6.07, 6.45) is 0. The maximum absolute atomic E-state index is 5.99. The van der Waals surface area contributed by atoms with Crippen LogP contribution < -0.4 is 10.6 Å². The van der Waals surface area contributed by atoms with E-state index >= 15 is 0 Å². The van der Waals surface area contributed by atoms with Gasteiger partial charge in [-0.15, -0.1) is 0 Å². The van der Waals surface area contributed by atoms with Crippen LogP contribution in [0, 0.1) is 6.92 Å². The Bertz CT molecular complexity index is 523. The van der Waals surface area contributed by atoms with Crippen molar-refractivity contribution in [1.29, 1.82) is 0 Å². The second kappa shape index (κ2) is 5.11. The van der Waals surface area contributed by atoms with Gasteiger partial charge >= 0.3 is 0 Å². The van der Waals surface area contributed by atoms with Gasteiger partial charge in [-0.25, -0.2) is 0 Å². The molecule has 0 bridgehead atoms. The summed E-state index contributed by atoms with van der Waals surface area (Å²) in [7, 11) is 1.91. The van der Waals surface area contributed by atoms with Crippen LogP contribution in [0.1, 0.15) is 5.56 Å². The number of rotatable bonds is 3. The van der Waals surface area contributed by atoms with Crippen LogP contribution in [-0.4, -0.2) is 7.05 Å². The lowest BCUT2D eigenvalue weighted by Gasteiger charge is -2.11. The van der Waals surface area contributed by atoms with Gasteiger partial charge in [-0.3, -0.25) is 0 Å². The summed E-state index contributed by atoms with van der Waals surface area (Å²) < 4.78 is 0. The SMILES string of the molecule is CNc1cccc(Nc2cc(Cl)ccc2C)c1. The summed E-state index contributed by atoms with van der Waals surface area (Å²) in [5.41, 5.74) is 4.33. The molecule has 0 aliphatic carbocycles. The number of hydrogen-bond acceptors (Lipinski definition) is 2. The fourth-order valence-corrected chi connectivity index (χ4v) is 1.81. The normalized spacial score (nSPS) is 10.1. The first kappa shape index (κ1) is 11.8. The first-order chi connectivity index (χ1) is 8.19. The smallest absolute Gasteiger partial charge is 0.0428 e. The Morgan fingerprint density at radius 2 is 1.76 bits per heavy atom. The molecule has 2 rings (SSSR count). The van der Waals surface area contributed by atoms with Crippen molar-refractivity contribution in [2.24, 2.45) is 0 Å². The van der Waals surface area contributed by atoms with Crippen molar-refractivity contribution in [1.82, 2.24) is 0 Å². The standard InChI is InChI=1S/C14H15ClN2/c1-10-6-7-11(15)8-14(10)17-13-5-3-4-12(9-13)16-2/h3-9,16-17H,1-2H3. The van der Waals surface area contributed by atoms with E-state index in [1.807, 2.05) is 43.4 Å². The molecule has 0 atom stereocenters. The average molecular weight is 247 g/mol. The molecule has 0 aliphatic heterocycles. The molecule has 0 saturated carbocycles. The highest BCUT2D eigenvalue weighted by molar-refractivity contribution is 6.30. The van der Waals surface area contributed by atoms with Crippen LogP contribution in [0.2, 0.25) is 5.02 Å². The highest BCUT2D eigenvalue weighted by Crippen LogP contribution is 2.25. The minimum atomic E-state index is 0.739. The monoisotopic (exact) mass is 246 g/mol. The lowest BCUT2D eigenvalue weighted by molar-refractivity contribution is 1.42. The van der Waals surface area contributed by atoms with Crippen LogP contribution >= 0.6 is 11.6 Å². The molecule has 0 aliphatic rings. The number of benzene rings is 2. The summed E-state index contributed by atoms with van der Waals surface area (Å²) in [4.78, 5) is 0. The van der Waals surface area contributed by atoms with Crippen LogP contribution in [0.15, 0.2) is 42.5 Å². The van der Waals surface area contributed by atoms with Crippen LogP contribution in [0.4, 0.5) is 17.1 Å². The average Bonchev–Trinajstić information content (AvgIpc) is 2.34. The summed E-state index contributed by atoms with van der Waals surface area (Å²) >= 11 is 5.99. The Labute approximate surface area is 107 Å². The minimum absolute atomic E-state index is 0.739. The maximum atomic E-state index is 5.99. The molecule has 0 aromatic heterocycles. The van der Waals surface area contributed by atoms with Gasteiger partial charge in [0, 0.05) is 29.1 Å². The van der Waals surface area contributed by atoms with Gasteiger partial charge in [0.1, 0.15) is 0 Å². The molecule has 0 fully saturated rings. The molecule has 0 spiro atoms. The first-order valence-corrected chi connectivity index (χ1v) is 5.88. The van der Waals surface area contributed by atoms with E-state index in [0.717, 1.165) is 22.1 Å². The molecule has 0 radical (unpaired) electrons. The zero-order chi connectivity index (χ0) is 12.3. The second-order valence-corrected chi connectivity index (χ2v) is 4.35. The quantitative estimate of drug-likeness (QED) is 0.837. The molecule has 0 saturated heterocycles. The molecule has 2 aromatic carbocycles. The minimum Gasteiger partial charge on any atom is -0.388 e. The van der Waals surface area contributed by atoms with Crippen molar-refractivity contribution in [3.05, 3.63) is 53.1 Å². The van der Waals surface area contributed by atoms with E-state index in [1.165, 1.54) is 5.56 Å². The van der Waals surface area contributed by atoms with E-state index in [1.54, 1.807) is 0 Å². The molecule has 88 valence electrons. The van der Waals surface area contributed by atoms with E-state index in [2.05, 4.69) is 23.6 Å². The topological polar surface area (TPSA) is 24.1 Å². The number of hydrogen-bond donors (Lipinski definition) is 2. The van der Waals surface area contributed by atoms with E-state index < -0.39 is 0 Å². The Morgan fingerprint density at radius 3 is 2.53 bits per heavy atom. The number of halogens is 1. The van der Waals surface area contributed by atoms with Crippen LogP contribution in [0.3, 0.4) is 0 Å². The molecule has 2 N–H and O–H groups in total. The lowest BCUT2D eigenvalue weighted by atomic mass is 10.2. The summed E-state index contributed by atoms with van der Waals surface area (Å²) in [5.74, 6) is 0. The third-order valence-corrected chi connectivity index (χ3v) is 2.86. The molecular formula is C14H15ClN2. The fraction of sp³-hybridized carbons (Fsp3) is 0.143. The molecule has 17 heavy (non-hydrogen) atoms. The third-order valence-electron chi connectivity index (χ3n) is 2.63. The Balaban J connectivity index is 2.27. The maximum Gasteiger partial charge on any atom is 0.0428 e. The van der Waals surface area contributed by atoms with Gasteiger partial charge in [-0.2, -0.15) is 0 Å². The molecular weight excluding hydrogens is 232 g/mol. The van der Waals surface area contributed by atoms with Crippen molar-refractivity contribution in [3.8, 4) is 0 Å². The molecule has 0 heterocycles. The van der Waals surface area contributed by atoms with Crippen molar-refractivity contribution in [3.63, 3.8) is 0 Å². The van der Waals surface area contributed by atoms with E-state index in [9.17, 15) is 0 Å².